The number of aromatic nitrogens is 1. The normalized spacial score (nSPS) is 20.6. The van der Waals surface area contributed by atoms with Crippen molar-refractivity contribution in [2.45, 2.75) is 6.42 Å². The standard InChI is InChI=1S/C11H13FN2O/c12-5-9-3-4-14(7-9)11-2-1-10(8-15)13-6-11/h1-2,6,8-9H,3-5,7H2. The van der Waals surface area contributed by atoms with Gasteiger partial charge in [-0.2, -0.15) is 0 Å². The van der Waals surface area contributed by atoms with E-state index in [1.54, 1.807) is 12.3 Å². The molecular formula is C11H13FN2O. The Morgan fingerprint density at radius 3 is 3.00 bits per heavy atom. The van der Waals surface area contributed by atoms with Gasteiger partial charge in [0.2, 0.25) is 0 Å². The first-order chi connectivity index (χ1) is 7.33. The second-order valence-electron chi connectivity index (χ2n) is 3.81. The van der Waals surface area contributed by atoms with Gasteiger partial charge in [-0.15, -0.1) is 0 Å². The molecule has 0 aromatic carbocycles. The number of aldehydes is 1. The first-order valence-corrected chi connectivity index (χ1v) is 5.05. The van der Waals surface area contributed by atoms with Crippen LogP contribution in [0.15, 0.2) is 18.3 Å². The summed E-state index contributed by atoms with van der Waals surface area (Å²) in [6.45, 7) is 1.37. The minimum absolute atomic E-state index is 0.149. The van der Waals surface area contributed by atoms with Crippen LogP contribution in [0.5, 0.6) is 0 Å². The molecule has 1 unspecified atom stereocenters. The van der Waals surface area contributed by atoms with Gasteiger partial charge in [-0.3, -0.25) is 14.2 Å². The second kappa shape index (κ2) is 4.38. The molecule has 0 N–H and O–H groups in total. The minimum atomic E-state index is -0.254. The molecule has 1 saturated heterocycles. The number of pyridine rings is 1. The van der Waals surface area contributed by atoms with Crippen molar-refractivity contribution in [3.8, 4) is 0 Å². The van der Waals surface area contributed by atoms with Crippen molar-refractivity contribution in [2.75, 3.05) is 24.7 Å². The molecular weight excluding hydrogens is 195 g/mol. The van der Waals surface area contributed by atoms with Crippen molar-refractivity contribution < 1.29 is 9.18 Å². The maximum Gasteiger partial charge on any atom is 0.168 e. The van der Waals surface area contributed by atoms with E-state index >= 15 is 0 Å². The predicted molar refractivity (Wildman–Crippen MR) is 55.9 cm³/mol. The van der Waals surface area contributed by atoms with Crippen molar-refractivity contribution in [3.05, 3.63) is 24.0 Å². The van der Waals surface area contributed by atoms with Crippen LogP contribution in [-0.4, -0.2) is 31.0 Å². The fourth-order valence-electron chi connectivity index (χ4n) is 1.85. The van der Waals surface area contributed by atoms with Crippen LogP contribution in [0.2, 0.25) is 0 Å². The van der Waals surface area contributed by atoms with Crippen LogP contribution in [0, 0.1) is 5.92 Å². The summed E-state index contributed by atoms with van der Waals surface area (Å²) >= 11 is 0. The summed E-state index contributed by atoms with van der Waals surface area (Å²) in [6.07, 6.45) is 3.29. The Morgan fingerprint density at radius 1 is 1.60 bits per heavy atom. The summed E-state index contributed by atoms with van der Waals surface area (Å²) in [5.74, 6) is 0.149. The Morgan fingerprint density at radius 2 is 2.47 bits per heavy atom. The smallest absolute Gasteiger partial charge is 0.168 e. The molecule has 1 aliphatic heterocycles. The number of hydrogen-bond acceptors (Lipinski definition) is 3. The predicted octanol–water partition coefficient (Wildman–Crippen LogP) is 1.69. The van der Waals surface area contributed by atoms with E-state index in [9.17, 15) is 9.18 Å². The van der Waals surface area contributed by atoms with Crippen molar-refractivity contribution in [2.24, 2.45) is 5.92 Å². The monoisotopic (exact) mass is 208 g/mol. The zero-order valence-electron chi connectivity index (χ0n) is 8.40. The summed E-state index contributed by atoms with van der Waals surface area (Å²) in [4.78, 5) is 16.5. The first-order valence-electron chi connectivity index (χ1n) is 5.05. The summed E-state index contributed by atoms with van der Waals surface area (Å²) in [5.41, 5.74) is 1.40. The Balaban J connectivity index is 2.07. The van der Waals surface area contributed by atoms with Gasteiger partial charge in [0.05, 0.1) is 18.6 Å². The lowest BCUT2D eigenvalue weighted by Crippen LogP contribution is -2.20. The van der Waals surface area contributed by atoms with E-state index < -0.39 is 0 Å². The fourth-order valence-corrected chi connectivity index (χ4v) is 1.85. The van der Waals surface area contributed by atoms with E-state index in [0.717, 1.165) is 31.5 Å². The molecule has 1 fully saturated rings. The lowest BCUT2D eigenvalue weighted by atomic mass is 10.1. The van der Waals surface area contributed by atoms with Crippen LogP contribution in [0.3, 0.4) is 0 Å². The van der Waals surface area contributed by atoms with Gasteiger partial charge in [0.15, 0.2) is 6.29 Å². The third-order valence-corrected chi connectivity index (χ3v) is 2.76. The van der Waals surface area contributed by atoms with E-state index in [-0.39, 0.29) is 12.6 Å². The van der Waals surface area contributed by atoms with Gasteiger partial charge < -0.3 is 4.90 Å². The van der Waals surface area contributed by atoms with Crippen LogP contribution in [0.25, 0.3) is 0 Å². The molecule has 0 radical (unpaired) electrons. The molecule has 1 aromatic heterocycles. The third kappa shape index (κ3) is 2.14. The van der Waals surface area contributed by atoms with Crippen molar-refractivity contribution in [3.63, 3.8) is 0 Å². The molecule has 15 heavy (non-hydrogen) atoms. The summed E-state index contributed by atoms with van der Waals surface area (Å²) in [5, 5.41) is 0. The molecule has 1 atom stereocenters. The van der Waals surface area contributed by atoms with Crippen molar-refractivity contribution in [1.82, 2.24) is 4.98 Å². The van der Waals surface area contributed by atoms with Gasteiger partial charge in [0.1, 0.15) is 5.69 Å². The highest BCUT2D eigenvalue weighted by molar-refractivity contribution is 5.72. The molecule has 4 heteroatoms. The number of halogens is 1. The van der Waals surface area contributed by atoms with Crippen LogP contribution in [-0.2, 0) is 0 Å². The van der Waals surface area contributed by atoms with Gasteiger partial charge >= 0.3 is 0 Å². The number of carbonyl (C=O) groups excluding carboxylic acids is 1. The van der Waals surface area contributed by atoms with E-state index in [1.807, 2.05) is 6.07 Å². The SMILES string of the molecule is O=Cc1ccc(N2CCC(CF)C2)cn1. The molecule has 0 bridgehead atoms. The quantitative estimate of drug-likeness (QED) is 0.709. The highest BCUT2D eigenvalue weighted by Gasteiger charge is 2.22. The topological polar surface area (TPSA) is 33.2 Å². The molecule has 2 rings (SSSR count). The Bertz CT molecular complexity index is 339. The first kappa shape index (κ1) is 10.1. The molecule has 2 heterocycles. The van der Waals surface area contributed by atoms with Crippen LogP contribution in [0.4, 0.5) is 10.1 Å². The molecule has 1 aliphatic rings. The Labute approximate surface area is 87.9 Å². The van der Waals surface area contributed by atoms with Gasteiger partial charge in [-0.25, -0.2) is 0 Å². The maximum absolute atomic E-state index is 12.4. The minimum Gasteiger partial charge on any atom is -0.370 e. The highest BCUT2D eigenvalue weighted by Crippen LogP contribution is 2.23. The molecule has 0 amide bonds. The van der Waals surface area contributed by atoms with Gasteiger partial charge in [-0.1, -0.05) is 0 Å². The fraction of sp³-hybridized carbons (Fsp3) is 0.455. The van der Waals surface area contributed by atoms with Crippen molar-refractivity contribution in [1.29, 1.82) is 0 Å². The molecule has 0 saturated carbocycles. The zero-order valence-corrected chi connectivity index (χ0v) is 8.40. The van der Waals surface area contributed by atoms with E-state index in [1.165, 1.54) is 0 Å². The molecule has 3 nitrogen and oxygen atoms in total. The maximum atomic E-state index is 12.4. The Kier molecular flexibility index (Phi) is 2.94. The molecule has 0 aliphatic carbocycles. The van der Waals surface area contributed by atoms with E-state index in [2.05, 4.69) is 9.88 Å². The molecule has 80 valence electrons. The number of rotatable bonds is 3. The number of anilines is 1. The van der Waals surface area contributed by atoms with E-state index in [0.29, 0.717) is 5.69 Å². The number of nitrogens with zero attached hydrogens (tertiary/aromatic N) is 2. The van der Waals surface area contributed by atoms with Gasteiger partial charge in [0.25, 0.3) is 0 Å². The number of hydrogen-bond donors (Lipinski definition) is 0. The summed E-state index contributed by atoms with van der Waals surface area (Å²) in [7, 11) is 0. The average Bonchev–Trinajstić information content (AvgIpc) is 2.78. The van der Waals surface area contributed by atoms with Crippen molar-refractivity contribution >= 4 is 12.0 Å². The number of alkyl halides is 1. The van der Waals surface area contributed by atoms with Crippen LogP contribution >= 0.6 is 0 Å². The second-order valence-corrected chi connectivity index (χ2v) is 3.81. The van der Waals surface area contributed by atoms with Crippen LogP contribution < -0.4 is 4.90 Å². The van der Waals surface area contributed by atoms with Gasteiger partial charge in [0, 0.05) is 19.0 Å². The average molecular weight is 208 g/mol. The largest absolute Gasteiger partial charge is 0.370 e. The Hall–Kier alpha value is -1.45. The number of carbonyl (C=O) groups is 1. The lowest BCUT2D eigenvalue weighted by molar-refractivity contribution is 0.111. The summed E-state index contributed by atoms with van der Waals surface area (Å²) < 4.78 is 12.4. The summed E-state index contributed by atoms with van der Waals surface area (Å²) in [6, 6.07) is 3.54. The third-order valence-electron chi connectivity index (χ3n) is 2.76. The highest BCUT2D eigenvalue weighted by atomic mass is 19.1. The zero-order chi connectivity index (χ0) is 10.7. The van der Waals surface area contributed by atoms with E-state index in [4.69, 9.17) is 0 Å². The molecule has 0 spiro atoms. The van der Waals surface area contributed by atoms with Gasteiger partial charge in [-0.05, 0) is 18.6 Å². The molecule has 1 aromatic rings. The lowest BCUT2D eigenvalue weighted by Gasteiger charge is -2.17. The van der Waals surface area contributed by atoms with Crippen LogP contribution in [0.1, 0.15) is 16.9 Å².